The number of hydrazone groups is 1. The largest absolute Gasteiger partial charge is 0.497 e. The molecule has 6 nitrogen and oxygen atoms in total. The molecule has 0 aliphatic carbocycles. The number of benzene rings is 3. The summed E-state index contributed by atoms with van der Waals surface area (Å²) in [6.45, 7) is 0. The molecule has 0 spiro atoms. The summed E-state index contributed by atoms with van der Waals surface area (Å²) >= 11 is 6.34. The Labute approximate surface area is 191 Å². The summed E-state index contributed by atoms with van der Waals surface area (Å²) in [6.07, 6.45) is 0.231. The van der Waals surface area contributed by atoms with Crippen LogP contribution in [0, 0.1) is 0 Å². The highest BCUT2D eigenvalue weighted by Crippen LogP contribution is 2.50. The summed E-state index contributed by atoms with van der Waals surface area (Å²) in [4.78, 5) is 0. The fraction of sp³-hybridized carbons (Fsp3) is 0.240. The van der Waals surface area contributed by atoms with Crippen LogP contribution in [0.5, 0.6) is 23.0 Å². The van der Waals surface area contributed by atoms with Gasteiger partial charge in [0, 0.05) is 22.6 Å². The molecule has 0 saturated heterocycles. The second-order valence-corrected chi connectivity index (χ2v) is 8.08. The number of hydrogen-bond donors (Lipinski definition) is 0. The molecule has 3 aromatic rings. The first-order valence-corrected chi connectivity index (χ1v) is 10.7. The van der Waals surface area contributed by atoms with Crippen LogP contribution in [0.3, 0.4) is 0 Å². The first kappa shape index (κ1) is 20.5. The Kier molecular flexibility index (Phi) is 5.31. The van der Waals surface area contributed by atoms with E-state index in [1.165, 1.54) is 0 Å². The second-order valence-electron chi connectivity index (χ2n) is 7.64. The molecular formula is C25H23ClN2O4. The molecule has 0 bridgehead atoms. The minimum Gasteiger partial charge on any atom is -0.497 e. The first-order valence-electron chi connectivity index (χ1n) is 10.3. The van der Waals surface area contributed by atoms with Crippen molar-refractivity contribution in [2.45, 2.75) is 18.7 Å². The topological polar surface area (TPSA) is 52.5 Å². The molecule has 0 radical (unpaired) electrons. The van der Waals surface area contributed by atoms with Crippen LogP contribution < -0.4 is 18.9 Å². The lowest BCUT2D eigenvalue weighted by atomic mass is 9.95. The molecule has 0 N–H and O–H groups in total. The Hall–Kier alpha value is -3.38. The molecule has 2 aliphatic rings. The molecule has 0 saturated carbocycles. The molecule has 0 unspecified atom stereocenters. The van der Waals surface area contributed by atoms with E-state index in [0.717, 1.165) is 39.7 Å². The van der Waals surface area contributed by atoms with Gasteiger partial charge in [-0.05, 0) is 48.5 Å². The Balaban J connectivity index is 1.63. The lowest BCUT2D eigenvalue weighted by Crippen LogP contribution is -2.34. The molecule has 0 fully saturated rings. The summed E-state index contributed by atoms with van der Waals surface area (Å²) < 4.78 is 23.0. The van der Waals surface area contributed by atoms with Crippen LogP contribution in [0.15, 0.2) is 65.8 Å². The average Bonchev–Trinajstić information content (AvgIpc) is 3.29. The van der Waals surface area contributed by atoms with E-state index >= 15 is 0 Å². The van der Waals surface area contributed by atoms with Gasteiger partial charge in [-0.1, -0.05) is 23.7 Å². The van der Waals surface area contributed by atoms with Gasteiger partial charge in [-0.25, -0.2) is 5.01 Å². The highest BCUT2D eigenvalue weighted by atomic mass is 35.5. The van der Waals surface area contributed by atoms with Crippen molar-refractivity contribution in [1.29, 1.82) is 0 Å². The summed E-state index contributed by atoms with van der Waals surface area (Å²) in [7, 11) is 4.95. The maximum absolute atomic E-state index is 6.46. The van der Waals surface area contributed by atoms with Crippen molar-refractivity contribution in [1.82, 2.24) is 5.01 Å². The smallest absolute Gasteiger partial charge is 0.217 e. The van der Waals surface area contributed by atoms with Crippen molar-refractivity contribution in [3.63, 3.8) is 0 Å². The van der Waals surface area contributed by atoms with Crippen LogP contribution >= 0.6 is 11.6 Å². The quantitative estimate of drug-likeness (QED) is 0.505. The number of methoxy groups -OCH3 is 3. The SMILES string of the molecule is COc1cccc(C2=NN3[C@H](C2)c2cc(Cl)ccc2O[C@H]3c2cc(OC)ccc2OC)c1. The molecule has 2 aliphatic heterocycles. The molecule has 7 heteroatoms. The Morgan fingerprint density at radius 2 is 1.72 bits per heavy atom. The molecule has 32 heavy (non-hydrogen) atoms. The van der Waals surface area contributed by atoms with Gasteiger partial charge in [-0.3, -0.25) is 0 Å². The third kappa shape index (κ3) is 3.50. The number of hydrogen-bond acceptors (Lipinski definition) is 6. The lowest BCUT2D eigenvalue weighted by molar-refractivity contribution is -0.0204. The highest BCUT2D eigenvalue weighted by molar-refractivity contribution is 6.30. The zero-order chi connectivity index (χ0) is 22.2. The number of fused-ring (bicyclic) bond motifs is 3. The summed E-state index contributed by atoms with van der Waals surface area (Å²) in [6, 6.07) is 19.3. The molecule has 5 rings (SSSR count). The van der Waals surface area contributed by atoms with E-state index in [0.29, 0.717) is 17.2 Å². The lowest BCUT2D eigenvalue weighted by Gasteiger charge is -2.38. The average molecular weight is 451 g/mol. The van der Waals surface area contributed by atoms with Gasteiger partial charge in [0.25, 0.3) is 0 Å². The Morgan fingerprint density at radius 1 is 0.906 bits per heavy atom. The third-order valence-corrected chi connectivity index (χ3v) is 6.09. The standard InChI is InChI=1S/C25H23ClN2O4/c1-29-17-6-4-5-15(11-17)21-14-22-19-12-16(26)7-9-24(19)32-25(28(22)27-21)20-13-18(30-2)8-10-23(20)31-3/h4-13,22,25H,14H2,1-3H3/t22-,25+/m1/s1. The van der Waals surface area contributed by atoms with Gasteiger partial charge in [0.1, 0.15) is 23.0 Å². The molecule has 3 aromatic carbocycles. The van der Waals surface area contributed by atoms with Crippen molar-refractivity contribution in [2.24, 2.45) is 5.10 Å². The van der Waals surface area contributed by atoms with Gasteiger partial charge in [0.05, 0.1) is 38.6 Å². The fourth-order valence-corrected chi connectivity index (χ4v) is 4.45. The fourth-order valence-electron chi connectivity index (χ4n) is 4.27. The second kappa shape index (κ2) is 8.28. The number of halogens is 1. The van der Waals surface area contributed by atoms with Crippen molar-refractivity contribution in [3.8, 4) is 23.0 Å². The van der Waals surface area contributed by atoms with E-state index in [1.807, 2.05) is 65.7 Å². The van der Waals surface area contributed by atoms with E-state index in [2.05, 4.69) is 0 Å². The van der Waals surface area contributed by atoms with E-state index < -0.39 is 6.23 Å². The zero-order valence-electron chi connectivity index (χ0n) is 18.0. The maximum atomic E-state index is 6.46. The van der Waals surface area contributed by atoms with Gasteiger partial charge in [0.15, 0.2) is 0 Å². The van der Waals surface area contributed by atoms with Gasteiger partial charge < -0.3 is 18.9 Å². The van der Waals surface area contributed by atoms with Gasteiger partial charge in [-0.15, -0.1) is 0 Å². The Morgan fingerprint density at radius 3 is 2.50 bits per heavy atom. The van der Waals surface area contributed by atoms with E-state index in [9.17, 15) is 0 Å². The number of ether oxygens (including phenoxy) is 4. The number of rotatable bonds is 5. The van der Waals surface area contributed by atoms with Crippen LogP contribution in [-0.4, -0.2) is 32.0 Å². The predicted octanol–water partition coefficient (Wildman–Crippen LogP) is 5.61. The van der Waals surface area contributed by atoms with Crippen LogP contribution in [0.25, 0.3) is 0 Å². The summed E-state index contributed by atoms with van der Waals surface area (Å²) in [5, 5.41) is 7.66. The maximum Gasteiger partial charge on any atom is 0.217 e. The van der Waals surface area contributed by atoms with Gasteiger partial charge in [0.2, 0.25) is 6.23 Å². The first-order chi connectivity index (χ1) is 15.6. The van der Waals surface area contributed by atoms with Crippen molar-refractivity contribution in [2.75, 3.05) is 21.3 Å². The third-order valence-electron chi connectivity index (χ3n) is 5.86. The highest BCUT2D eigenvalue weighted by Gasteiger charge is 2.42. The van der Waals surface area contributed by atoms with E-state index in [4.69, 9.17) is 35.6 Å². The molecular weight excluding hydrogens is 428 g/mol. The van der Waals surface area contributed by atoms with Crippen molar-refractivity contribution in [3.05, 3.63) is 82.4 Å². The summed E-state index contributed by atoms with van der Waals surface area (Å²) in [5.41, 5.74) is 3.82. The van der Waals surface area contributed by atoms with Crippen LogP contribution in [0.4, 0.5) is 0 Å². The minimum absolute atomic E-state index is 0.0282. The predicted molar refractivity (Wildman–Crippen MR) is 123 cm³/mol. The molecule has 0 amide bonds. The van der Waals surface area contributed by atoms with E-state index in [-0.39, 0.29) is 6.04 Å². The molecule has 164 valence electrons. The molecule has 2 atom stereocenters. The summed E-state index contributed by atoms with van der Waals surface area (Å²) in [5.74, 6) is 3.00. The van der Waals surface area contributed by atoms with Crippen molar-refractivity contribution >= 4 is 17.3 Å². The zero-order valence-corrected chi connectivity index (χ0v) is 18.8. The molecule has 2 heterocycles. The van der Waals surface area contributed by atoms with Gasteiger partial charge in [-0.2, -0.15) is 5.10 Å². The monoisotopic (exact) mass is 450 g/mol. The normalized spacial score (nSPS) is 18.9. The Bertz CT molecular complexity index is 1200. The number of nitrogens with zero attached hydrogens (tertiary/aromatic N) is 2. The van der Waals surface area contributed by atoms with Crippen LogP contribution in [0.2, 0.25) is 5.02 Å². The van der Waals surface area contributed by atoms with E-state index in [1.54, 1.807) is 21.3 Å². The van der Waals surface area contributed by atoms with Crippen molar-refractivity contribution < 1.29 is 18.9 Å². The minimum atomic E-state index is -0.484. The van der Waals surface area contributed by atoms with Gasteiger partial charge >= 0.3 is 0 Å². The van der Waals surface area contributed by atoms with Crippen LogP contribution in [0.1, 0.15) is 35.4 Å². The van der Waals surface area contributed by atoms with Crippen LogP contribution in [-0.2, 0) is 0 Å². The molecule has 0 aromatic heterocycles.